The van der Waals surface area contributed by atoms with Gasteiger partial charge in [-0.05, 0) is 37.0 Å². The van der Waals surface area contributed by atoms with Gasteiger partial charge in [0.2, 0.25) is 11.9 Å². The van der Waals surface area contributed by atoms with E-state index >= 15 is 0 Å². The van der Waals surface area contributed by atoms with Gasteiger partial charge in [0.15, 0.2) is 5.65 Å². The summed E-state index contributed by atoms with van der Waals surface area (Å²) in [7, 11) is 0. The van der Waals surface area contributed by atoms with Crippen molar-refractivity contribution in [3.8, 4) is 0 Å². The maximum Gasteiger partial charge on any atom is 0.235 e. The third kappa shape index (κ3) is 1.95. The van der Waals surface area contributed by atoms with Crippen molar-refractivity contribution < 1.29 is 4.79 Å². The first-order chi connectivity index (χ1) is 9.79. The lowest BCUT2D eigenvalue weighted by molar-refractivity contribution is -0.117. The molecule has 6 nitrogen and oxygen atoms in total. The minimum atomic E-state index is 0.0497. The van der Waals surface area contributed by atoms with Crippen LogP contribution < -0.4 is 5.32 Å². The van der Waals surface area contributed by atoms with Crippen molar-refractivity contribution in [2.75, 3.05) is 5.32 Å². The van der Waals surface area contributed by atoms with Gasteiger partial charge in [-0.1, -0.05) is 6.42 Å². The Morgan fingerprint density at radius 1 is 1.35 bits per heavy atom. The molecule has 1 N–H and O–H groups in total. The highest BCUT2D eigenvalue weighted by Gasteiger charge is 2.40. The number of anilines is 1. The SMILES string of the molecule is O=C(CC1CC2CCC1C2)Nc1nnc2cnccn12. The Hall–Kier alpha value is -1.98. The van der Waals surface area contributed by atoms with E-state index in [0.717, 1.165) is 11.8 Å². The van der Waals surface area contributed by atoms with E-state index in [-0.39, 0.29) is 5.91 Å². The lowest BCUT2D eigenvalue weighted by Gasteiger charge is -2.20. The molecule has 0 saturated heterocycles. The zero-order valence-corrected chi connectivity index (χ0v) is 11.2. The first kappa shape index (κ1) is 11.8. The summed E-state index contributed by atoms with van der Waals surface area (Å²) in [4.78, 5) is 16.2. The smallest absolute Gasteiger partial charge is 0.235 e. The van der Waals surface area contributed by atoms with Crippen LogP contribution in [0.2, 0.25) is 0 Å². The predicted molar refractivity (Wildman–Crippen MR) is 73.0 cm³/mol. The Morgan fingerprint density at radius 2 is 2.30 bits per heavy atom. The molecular formula is C14H17N5O. The molecule has 2 aliphatic carbocycles. The number of hydrogen-bond donors (Lipinski definition) is 1. The molecule has 3 atom stereocenters. The van der Waals surface area contributed by atoms with Crippen LogP contribution in [0.25, 0.3) is 5.65 Å². The van der Waals surface area contributed by atoms with Crippen molar-refractivity contribution in [3.05, 3.63) is 18.6 Å². The highest BCUT2D eigenvalue weighted by atomic mass is 16.1. The van der Waals surface area contributed by atoms with Crippen LogP contribution in [0.3, 0.4) is 0 Å². The standard InChI is InChI=1S/C14H17N5O/c20-13(7-11-6-9-1-2-10(11)5-9)16-14-18-17-12-8-15-3-4-19(12)14/h3-4,8-11H,1-2,5-7H2,(H,16,18,20). The molecule has 2 aromatic heterocycles. The molecule has 0 aromatic carbocycles. The van der Waals surface area contributed by atoms with Crippen LogP contribution >= 0.6 is 0 Å². The van der Waals surface area contributed by atoms with Gasteiger partial charge in [0, 0.05) is 18.8 Å². The van der Waals surface area contributed by atoms with E-state index < -0.39 is 0 Å². The quantitative estimate of drug-likeness (QED) is 0.925. The normalized spacial score (nSPS) is 28.1. The zero-order chi connectivity index (χ0) is 13.5. The first-order valence-electron chi connectivity index (χ1n) is 7.24. The fourth-order valence-electron chi connectivity index (χ4n) is 3.88. The van der Waals surface area contributed by atoms with Gasteiger partial charge in [0.1, 0.15) is 0 Å². The van der Waals surface area contributed by atoms with Crippen LogP contribution in [-0.4, -0.2) is 25.5 Å². The van der Waals surface area contributed by atoms with E-state index in [1.807, 2.05) is 0 Å². The molecule has 2 saturated carbocycles. The number of nitrogens with zero attached hydrogens (tertiary/aromatic N) is 4. The number of hydrogen-bond acceptors (Lipinski definition) is 4. The van der Waals surface area contributed by atoms with E-state index in [4.69, 9.17) is 0 Å². The molecular weight excluding hydrogens is 254 g/mol. The monoisotopic (exact) mass is 271 g/mol. The molecule has 104 valence electrons. The molecule has 2 fully saturated rings. The van der Waals surface area contributed by atoms with Gasteiger partial charge in [-0.25, -0.2) is 0 Å². The average Bonchev–Trinajstić information content (AvgIpc) is 3.14. The van der Waals surface area contributed by atoms with Gasteiger partial charge in [-0.3, -0.25) is 19.5 Å². The summed E-state index contributed by atoms with van der Waals surface area (Å²) in [6.07, 6.45) is 10.9. The Balaban J connectivity index is 1.45. The summed E-state index contributed by atoms with van der Waals surface area (Å²) in [5.41, 5.74) is 0.641. The van der Waals surface area contributed by atoms with Gasteiger partial charge in [-0.2, -0.15) is 0 Å². The van der Waals surface area contributed by atoms with Gasteiger partial charge in [0.05, 0.1) is 6.20 Å². The highest BCUT2D eigenvalue weighted by Crippen LogP contribution is 2.49. The van der Waals surface area contributed by atoms with Crippen LogP contribution in [0, 0.1) is 17.8 Å². The number of nitrogens with one attached hydrogen (secondary N) is 1. The number of carbonyl (C=O) groups excluding carboxylic acids is 1. The second kappa shape index (κ2) is 4.54. The lowest BCUT2D eigenvalue weighted by Crippen LogP contribution is -2.21. The molecule has 0 aliphatic heterocycles. The van der Waals surface area contributed by atoms with Gasteiger partial charge >= 0.3 is 0 Å². The number of fused-ring (bicyclic) bond motifs is 3. The second-order valence-electron chi connectivity index (χ2n) is 6.02. The molecule has 2 aromatic rings. The van der Waals surface area contributed by atoms with Crippen molar-refractivity contribution in [2.45, 2.75) is 32.1 Å². The van der Waals surface area contributed by atoms with Crippen LogP contribution in [0.5, 0.6) is 0 Å². The number of aromatic nitrogens is 4. The molecule has 0 radical (unpaired) electrons. The van der Waals surface area contributed by atoms with E-state index in [9.17, 15) is 4.79 Å². The molecule has 0 spiro atoms. The third-order valence-electron chi connectivity index (χ3n) is 4.80. The van der Waals surface area contributed by atoms with E-state index in [1.165, 1.54) is 25.7 Å². The van der Waals surface area contributed by atoms with Crippen molar-refractivity contribution in [1.29, 1.82) is 0 Å². The molecule has 4 rings (SSSR count). The summed E-state index contributed by atoms with van der Waals surface area (Å²) in [6, 6.07) is 0. The largest absolute Gasteiger partial charge is 0.294 e. The minimum Gasteiger partial charge on any atom is -0.294 e. The maximum absolute atomic E-state index is 12.2. The molecule has 6 heteroatoms. The minimum absolute atomic E-state index is 0.0497. The molecule has 20 heavy (non-hydrogen) atoms. The van der Waals surface area contributed by atoms with E-state index in [0.29, 0.717) is 23.9 Å². The first-order valence-corrected chi connectivity index (χ1v) is 7.24. The predicted octanol–water partition coefficient (Wildman–Crippen LogP) is 1.89. The Morgan fingerprint density at radius 3 is 3.10 bits per heavy atom. The highest BCUT2D eigenvalue weighted by molar-refractivity contribution is 5.89. The molecule has 1 amide bonds. The third-order valence-corrected chi connectivity index (χ3v) is 4.80. The Bertz CT molecular complexity index is 652. The van der Waals surface area contributed by atoms with Crippen LogP contribution in [0.15, 0.2) is 18.6 Å². The maximum atomic E-state index is 12.2. The van der Waals surface area contributed by atoms with Crippen LogP contribution in [0.1, 0.15) is 32.1 Å². The molecule has 2 bridgehead atoms. The summed E-state index contributed by atoms with van der Waals surface area (Å²) >= 11 is 0. The van der Waals surface area contributed by atoms with Crippen molar-refractivity contribution in [2.24, 2.45) is 17.8 Å². The number of carbonyl (C=O) groups is 1. The van der Waals surface area contributed by atoms with E-state index in [2.05, 4.69) is 20.5 Å². The van der Waals surface area contributed by atoms with Crippen LogP contribution in [-0.2, 0) is 4.79 Å². The van der Waals surface area contributed by atoms with Crippen molar-refractivity contribution in [1.82, 2.24) is 19.6 Å². The molecule has 2 heterocycles. The fraction of sp³-hybridized carbons (Fsp3) is 0.571. The van der Waals surface area contributed by atoms with Gasteiger partial charge in [-0.15, -0.1) is 10.2 Å². The molecule has 2 aliphatic rings. The fourth-order valence-corrected chi connectivity index (χ4v) is 3.88. The van der Waals surface area contributed by atoms with Crippen molar-refractivity contribution >= 4 is 17.5 Å². The van der Waals surface area contributed by atoms with Gasteiger partial charge in [0.25, 0.3) is 0 Å². The summed E-state index contributed by atoms with van der Waals surface area (Å²) < 4.78 is 1.74. The van der Waals surface area contributed by atoms with Crippen LogP contribution in [0.4, 0.5) is 5.95 Å². The van der Waals surface area contributed by atoms with Gasteiger partial charge < -0.3 is 0 Å². The second-order valence-corrected chi connectivity index (χ2v) is 6.02. The molecule has 3 unspecified atom stereocenters. The Labute approximate surface area is 116 Å². The summed E-state index contributed by atoms with van der Waals surface area (Å²) in [5.74, 6) is 2.74. The summed E-state index contributed by atoms with van der Waals surface area (Å²) in [6.45, 7) is 0. The Kier molecular flexibility index (Phi) is 2.68. The van der Waals surface area contributed by atoms with Crippen molar-refractivity contribution in [3.63, 3.8) is 0 Å². The topological polar surface area (TPSA) is 72.2 Å². The zero-order valence-electron chi connectivity index (χ0n) is 11.2. The summed E-state index contributed by atoms with van der Waals surface area (Å²) in [5, 5.41) is 10.9. The van der Waals surface area contributed by atoms with E-state index in [1.54, 1.807) is 23.0 Å². The number of rotatable bonds is 3. The number of amides is 1. The lowest BCUT2D eigenvalue weighted by atomic mass is 9.86. The average molecular weight is 271 g/mol.